The number of aryl methyl sites for hydroxylation is 1. The number of alkyl halides is 3. The summed E-state index contributed by atoms with van der Waals surface area (Å²) in [6, 6.07) is 3.09. The number of imidazole rings is 1. The zero-order valence-electron chi connectivity index (χ0n) is 8.55. The number of carbonyl (C=O) groups is 1. The van der Waals surface area contributed by atoms with Gasteiger partial charge < -0.3 is 4.40 Å². The molecule has 3 nitrogen and oxygen atoms in total. The van der Waals surface area contributed by atoms with E-state index in [0.29, 0.717) is 10.3 Å². The van der Waals surface area contributed by atoms with Crippen molar-refractivity contribution in [3.63, 3.8) is 0 Å². The fourth-order valence-electron chi connectivity index (χ4n) is 1.51. The van der Waals surface area contributed by atoms with Crippen molar-refractivity contribution in [2.24, 2.45) is 0 Å². The predicted molar refractivity (Wildman–Crippen MR) is 58.0 cm³/mol. The number of rotatable bonds is 1. The number of ketones is 1. The minimum atomic E-state index is -4.91. The normalized spacial score (nSPS) is 12.1. The Labute approximate surface area is 102 Å². The molecule has 0 aliphatic heterocycles. The zero-order valence-corrected chi connectivity index (χ0v) is 10.1. The third kappa shape index (κ3) is 2.06. The van der Waals surface area contributed by atoms with Crippen LogP contribution in [0, 0.1) is 6.92 Å². The van der Waals surface area contributed by atoms with Crippen molar-refractivity contribution in [3.05, 3.63) is 34.3 Å². The molecule has 0 bridgehead atoms. The number of halogens is 4. The Hall–Kier alpha value is -1.37. The lowest BCUT2D eigenvalue weighted by atomic mass is 10.2. The molecule has 2 aromatic heterocycles. The molecule has 7 heteroatoms. The van der Waals surface area contributed by atoms with Crippen LogP contribution < -0.4 is 0 Å². The van der Waals surface area contributed by atoms with Gasteiger partial charge in [-0.3, -0.25) is 4.79 Å². The van der Waals surface area contributed by atoms with Crippen LogP contribution in [0.4, 0.5) is 13.2 Å². The van der Waals surface area contributed by atoms with Crippen LogP contribution in [-0.4, -0.2) is 21.3 Å². The van der Waals surface area contributed by atoms with Crippen molar-refractivity contribution in [1.82, 2.24) is 9.38 Å². The topological polar surface area (TPSA) is 34.4 Å². The molecule has 90 valence electrons. The van der Waals surface area contributed by atoms with Gasteiger partial charge in [-0.05, 0) is 19.1 Å². The maximum Gasteiger partial charge on any atom is 0.456 e. The molecular formula is C10H6BrF3N2O. The summed E-state index contributed by atoms with van der Waals surface area (Å²) in [5.74, 6) is -1.60. The third-order valence-corrected chi connectivity index (χ3v) is 2.75. The molecule has 0 atom stereocenters. The fourth-order valence-corrected chi connectivity index (χ4v) is 1.85. The molecule has 0 fully saturated rings. The van der Waals surface area contributed by atoms with Crippen LogP contribution in [0.15, 0.2) is 22.8 Å². The molecule has 0 radical (unpaired) electrons. The average molecular weight is 307 g/mol. The van der Waals surface area contributed by atoms with Gasteiger partial charge in [-0.1, -0.05) is 15.9 Å². The van der Waals surface area contributed by atoms with E-state index in [1.54, 1.807) is 12.3 Å². The maximum absolute atomic E-state index is 12.4. The molecule has 0 N–H and O–H groups in total. The van der Waals surface area contributed by atoms with Gasteiger partial charge in [0.1, 0.15) is 11.5 Å². The van der Waals surface area contributed by atoms with Crippen molar-refractivity contribution in [1.29, 1.82) is 0 Å². The minimum Gasteiger partial charge on any atom is -0.303 e. The summed E-state index contributed by atoms with van der Waals surface area (Å²) in [5.41, 5.74) is -0.435. The number of aromatic nitrogens is 2. The smallest absolute Gasteiger partial charge is 0.303 e. The lowest BCUT2D eigenvalue weighted by Crippen LogP contribution is -2.23. The van der Waals surface area contributed by atoms with Crippen molar-refractivity contribution in [3.8, 4) is 0 Å². The number of hydrogen-bond acceptors (Lipinski definition) is 2. The second-order valence-corrected chi connectivity index (χ2v) is 4.35. The number of pyridine rings is 1. The first-order chi connectivity index (χ1) is 7.80. The van der Waals surface area contributed by atoms with Crippen LogP contribution in [0.3, 0.4) is 0 Å². The molecule has 0 saturated carbocycles. The number of carbonyl (C=O) groups excluding carboxylic acids is 1. The second-order valence-electron chi connectivity index (χ2n) is 3.43. The standard InChI is InChI=1S/C10H6BrF3N2O/c1-5-15-8(9(17)10(12,13)14)7-4-6(11)2-3-16(5)7/h2-4H,1H3. The summed E-state index contributed by atoms with van der Waals surface area (Å²) in [5, 5.41) is 0. The van der Waals surface area contributed by atoms with E-state index < -0.39 is 17.7 Å². The van der Waals surface area contributed by atoms with Crippen LogP contribution in [-0.2, 0) is 0 Å². The highest BCUT2D eigenvalue weighted by Crippen LogP contribution is 2.25. The molecule has 0 saturated heterocycles. The Balaban J connectivity index is 2.70. The molecule has 17 heavy (non-hydrogen) atoms. The summed E-state index contributed by atoms with van der Waals surface area (Å²) in [6.45, 7) is 1.54. The van der Waals surface area contributed by atoms with Crippen LogP contribution in [0.1, 0.15) is 16.3 Å². The largest absolute Gasteiger partial charge is 0.456 e. The Morgan fingerprint density at radius 1 is 1.47 bits per heavy atom. The number of nitrogens with zero attached hydrogens (tertiary/aromatic N) is 2. The fraction of sp³-hybridized carbons (Fsp3) is 0.200. The highest BCUT2D eigenvalue weighted by Gasteiger charge is 2.41. The Morgan fingerprint density at radius 3 is 2.71 bits per heavy atom. The van der Waals surface area contributed by atoms with Gasteiger partial charge in [-0.2, -0.15) is 13.2 Å². The molecule has 0 aliphatic carbocycles. The molecule has 2 aromatic rings. The molecule has 0 unspecified atom stereocenters. The highest BCUT2D eigenvalue weighted by molar-refractivity contribution is 9.10. The van der Waals surface area contributed by atoms with Crippen LogP contribution in [0.25, 0.3) is 5.52 Å². The van der Waals surface area contributed by atoms with Gasteiger partial charge in [0.05, 0.1) is 5.52 Å². The van der Waals surface area contributed by atoms with Crippen molar-refractivity contribution in [2.45, 2.75) is 13.1 Å². The number of fused-ring (bicyclic) bond motifs is 1. The van der Waals surface area contributed by atoms with Gasteiger partial charge in [-0.15, -0.1) is 0 Å². The Bertz CT molecular complexity index is 603. The van der Waals surface area contributed by atoms with E-state index >= 15 is 0 Å². The molecule has 0 aliphatic rings. The van der Waals surface area contributed by atoms with Gasteiger partial charge in [0.2, 0.25) is 0 Å². The summed E-state index contributed by atoms with van der Waals surface area (Å²) in [7, 11) is 0. The molecule has 0 spiro atoms. The Kier molecular flexibility index (Phi) is 2.73. The van der Waals surface area contributed by atoms with Crippen molar-refractivity contribution in [2.75, 3.05) is 0 Å². The van der Waals surface area contributed by atoms with E-state index in [1.165, 1.54) is 17.4 Å². The molecule has 0 aromatic carbocycles. The predicted octanol–water partition coefficient (Wildman–Crippen LogP) is 3.15. The summed E-state index contributed by atoms with van der Waals surface area (Å²) >= 11 is 3.14. The molecule has 2 rings (SSSR count). The lowest BCUT2D eigenvalue weighted by molar-refractivity contribution is -0.0887. The first-order valence-corrected chi connectivity index (χ1v) is 5.36. The monoisotopic (exact) mass is 306 g/mol. The summed E-state index contributed by atoms with van der Waals surface area (Å²) in [4.78, 5) is 14.9. The van der Waals surface area contributed by atoms with E-state index in [1.807, 2.05) is 0 Å². The van der Waals surface area contributed by atoms with Gasteiger partial charge >= 0.3 is 6.18 Å². The van der Waals surface area contributed by atoms with E-state index in [9.17, 15) is 18.0 Å². The minimum absolute atomic E-state index is 0.138. The van der Waals surface area contributed by atoms with E-state index in [2.05, 4.69) is 20.9 Å². The number of Topliss-reactive ketones (excluding diaryl/α,β-unsaturated/α-hetero) is 1. The third-order valence-electron chi connectivity index (χ3n) is 2.25. The van der Waals surface area contributed by atoms with Crippen molar-refractivity contribution < 1.29 is 18.0 Å². The van der Waals surface area contributed by atoms with Gasteiger partial charge in [-0.25, -0.2) is 4.98 Å². The summed E-state index contributed by atoms with van der Waals surface area (Å²) in [6.07, 6.45) is -3.36. The average Bonchev–Trinajstić information content (AvgIpc) is 2.53. The van der Waals surface area contributed by atoms with E-state index in [4.69, 9.17) is 0 Å². The van der Waals surface area contributed by atoms with Gasteiger partial charge in [0, 0.05) is 10.7 Å². The van der Waals surface area contributed by atoms with Gasteiger partial charge in [0.25, 0.3) is 5.78 Å². The second kappa shape index (κ2) is 3.83. The molecule has 2 heterocycles. The molecular weight excluding hydrogens is 301 g/mol. The molecule has 0 amide bonds. The van der Waals surface area contributed by atoms with E-state index in [-0.39, 0.29) is 5.52 Å². The quantitative estimate of drug-likeness (QED) is 0.759. The first-order valence-electron chi connectivity index (χ1n) is 4.56. The Morgan fingerprint density at radius 2 is 2.12 bits per heavy atom. The SMILES string of the molecule is Cc1nc(C(=O)C(F)(F)F)c2cc(Br)ccn12. The maximum atomic E-state index is 12.4. The van der Waals surface area contributed by atoms with Crippen LogP contribution in [0.2, 0.25) is 0 Å². The van der Waals surface area contributed by atoms with E-state index in [0.717, 1.165) is 0 Å². The number of hydrogen-bond donors (Lipinski definition) is 0. The van der Waals surface area contributed by atoms with Gasteiger partial charge in [0.15, 0.2) is 0 Å². The van der Waals surface area contributed by atoms with Crippen LogP contribution >= 0.6 is 15.9 Å². The zero-order chi connectivity index (χ0) is 12.8. The highest BCUT2D eigenvalue weighted by atomic mass is 79.9. The first kappa shape index (κ1) is 12.1. The van der Waals surface area contributed by atoms with Crippen molar-refractivity contribution >= 4 is 27.2 Å². The van der Waals surface area contributed by atoms with Crippen LogP contribution in [0.5, 0.6) is 0 Å². The summed E-state index contributed by atoms with van der Waals surface area (Å²) < 4.78 is 39.1. The lowest BCUT2D eigenvalue weighted by Gasteiger charge is -2.02.